The number of halogens is 1. The molecule has 1 heterocycles. The Morgan fingerprint density at radius 3 is 2.42 bits per heavy atom. The number of anilines is 1. The Kier molecular flexibility index (Phi) is 5.14. The summed E-state index contributed by atoms with van der Waals surface area (Å²) in [6.45, 7) is 1.88. The van der Waals surface area contributed by atoms with Crippen LogP contribution in [0.25, 0.3) is 11.1 Å². The van der Waals surface area contributed by atoms with Gasteiger partial charge in [0.15, 0.2) is 5.82 Å². The predicted octanol–water partition coefficient (Wildman–Crippen LogP) is 4.31. The maximum Gasteiger partial charge on any atom is 0.257 e. The van der Waals surface area contributed by atoms with Crippen LogP contribution in [0.4, 0.5) is 5.82 Å². The molecule has 0 aliphatic carbocycles. The maximum absolute atomic E-state index is 12.7. The molecule has 0 bridgehead atoms. The van der Waals surface area contributed by atoms with Crippen molar-refractivity contribution in [3.8, 4) is 22.6 Å². The molecular weight excluding hydrogens is 354 g/mol. The van der Waals surface area contributed by atoms with Gasteiger partial charge in [-0.3, -0.25) is 9.89 Å². The fourth-order valence-corrected chi connectivity index (χ4v) is 2.83. The summed E-state index contributed by atoms with van der Waals surface area (Å²) in [6, 6.07) is 12.3. The van der Waals surface area contributed by atoms with Crippen LogP contribution >= 0.6 is 11.6 Å². The third-order valence-corrected chi connectivity index (χ3v) is 4.14. The van der Waals surface area contributed by atoms with Gasteiger partial charge in [0.05, 0.1) is 14.2 Å². The van der Waals surface area contributed by atoms with Gasteiger partial charge in [-0.2, -0.15) is 5.10 Å². The Morgan fingerprint density at radius 1 is 1.12 bits per heavy atom. The van der Waals surface area contributed by atoms with E-state index >= 15 is 0 Å². The summed E-state index contributed by atoms with van der Waals surface area (Å²) in [5, 5.41) is 10.6. The minimum Gasteiger partial charge on any atom is -0.497 e. The van der Waals surface area contributed by atoms with Gasteiger partial charge in [0.1, 0.15) is 11.5 Å². The number of aryl methyl sites for hydroxylation is 1. The topological polar surface area (TPSA) is 76.2 Å². The van der Waals surface area contributed by atoms with Gasteiger partial charge in [-0.1, -0.05) is 23.7 Å². The van der Waals surface area contributed by atoms with Gasteiger partial charge >= 0.3 is 0 Å². The second kappa shape index (κ2) is 7.49. The van der Waals surface area contributed by atoms with E-state index in [-0.39, 0.29) is 5.91 Å². The summed E-state index contributed by atoms with van der Waals surface area (Å²) < 4.78 is 10.4. The van der Waals surface area contributed by atoms with E-state index in [4.69, 9.17) is 21.1 Å². The van der Waals surface area contributed by atoms with E-state index in [9.17, 15) is 4.79 Å². The first-order valence-corrected chi connectivity index (χ1v) is 8.25. The van der Waals surface area contributed by atoms with Gasteiger partial charge in [0, 0.05) is 27.9 Å². The Balaban J connectivity index is 1.94. The molecule has 0 atom stereocenters. The van der Waals surface area contributed by atoms with Gasteiger partial charge in [-0.15, -0.1) is 0 Å². The predicted molar refractivity (Wildman–Crippen MR) is 101 cm³/mol. The number of benzene rings is 2. The third kappa shape index (κ3) is 3.65. The van der Waals surface area contributed by atoms with Gasteiger partial charge in [-0.05, 0) is 36.8 Å². The first kappa shape index (κ1) is 17.8. The van der Waals surface area contributed by atoms with E-state index in [2.05, 4.69) is 15.5 Å². The summed E-state index contributed by atoms with van der Waals surface area (Å²) in [6.07, 6.45) is 0. The zero-order chi connectivity index (χ0) is 18.7. The lowest BCUT2D eigenvalue weighted by Crippen LogP contribution is -2.13. The zero-order valence-electron chi connectivity index (χ0n) is 14.6. The first-order chi connectivity index (χ1) is 12.5. The number of amides is 1. The molecule has 0 saturated heterocycles. The lowest BCUT2D eigenvalue weighted by Gasteiger charge is -2.10. The molecule has 3 rings (SSSR count). The van der Waals surface area contributed by atoms with E-state index in [1.807, 2.05) is 25.1 Å². The molecule has 1 aromatic heterocycles. The van der Waals surface area contributed by atoms with Crippen LogP contribution in [0.2, 0.25) is 5.02 Å². The van der Waals surface area contributed by atoms with Crippen LogP contribution in [0.15, 0.2) is 42.5 Å². The van der Waals surface area contributed by atoms with Crippen molar-refractivity contribution in [1.29, 1.82) is 0 Å². The van der Waals surface area contributed by atoms with Gasteiger partial charge < -0.3 is 14.8 Å². The number of aromatic nitrogens is 2. The van der Waals surface area contributed by atoms with E-state index < -0.39 is 0 Å². The molecule has 0 spiro atoms. The number of carbonyl (C=O) groups is 1. The van der Waals surface area contributed by atoms with Crippen LogP contribution in [0, 0.1) is 6.92 Å². The summed E-state index contributed by atoms with van der Waals surface area (Å²) in [7, 11) is 3.07. The number of rotatable bonds is 5. The number of nitrogens with zero attached hydrogens (tertiary/aromatic N) is 1. The minimum absolute atomic E-state index is 0.322. The van der Waals surface area contributed by atoms with Crippen LogP contribution in [0.5, 0.6) is 11.5 Å². The average molecular weight is 372 g/mol. The van der Waals surface area contributed by atoms with E-state index in [1.165, 1.54) is 14.2 Å². The zero-order valence-corrected chi connectivity index (χ0v) is 15.3. The number of ether oxygens (including phenoxy) is 2. The van der Waals surface area contributed by atoms with Crippen molar-refractivity contribution >= 4 is 23.3 Å². The molecular formula is C19H18ClN3O3. The molecule has 0 fully saturated rings. The Bertz CT molecular complexity index is 931. The summed E-state index contributed by atoms with van der Waals surface area (Å²) in [5.41, 5.74) is 2.88. The Hall–Kier alpha value is -2.99. The normalized spacial score (nSPS) is 10.5. The molecule has 134 valence electrons. The monoisotopic (exact) mass is 371 g/mol. The summed E-state index contributed by atoms with van der Waals surface area (Å²) in [4.78, 5) is 12.7. The van der Waals surface area contributed by atoms with Gasteiger partial charge in [-0.25, -0.2) is 0 Å². The molecule has 2 N–H and O–H groups in total. The molecule has 0 unspecified atom stereocenters. The fraction of sp³-hybridized carbons (Fsp3) is 0.158. The van der Waals surface area contributed by atoms with Crippen molar-refractivity contribution < 1.29 is 14.3 Å². The standard InChI is InChI=1S/C19H18ClN3O3/c1-11-17(12-5-4-6-14(20)7-12)18(23-22-11)21-19(24)13-8-15(25-2)10-16(9-13)26-3/h4-10H,1-3H3,(H2,21,22,23,24). The average Bonchev–Trinajstić information content (AvgIpc) is 3.01. The molecule has 6 nitrogen and oxygen atoms in total. The second-order valence-electron chi connectivity index (χ2n) is 5.64. The highest BCUT2D eigenvalue weighted by atomic mass is 35.5. The van der Waals surface area contributed by atoms with Crippen LogP contribution in [0.3, 0.4) is 0 Å². The molecule has 0 aliphatic heterocycles. The molecule has 7 heteroatoms. The van der Waals surface area contributed by atoms with Gasteiger partial charge in [0.2, 0.25) is 0 Å². The molecule has 26 heavy (non-hydrogen) atoms. The van der Waals surface area contributed by atoms with Crippen LogP contribution in [-0.2, 0) is 0 Å². The van der Waals surface area contributed by atoms with Crippen LogP contribution in [-0.4, -0.2) is 30.3 Å². The third-order valence-electron chi connectivity index (χ3n) is 3.91. The second-order valence-corrected chi connectivity index (χ2v) is 6.07. The van der Waals surface area contributed by atoms with Crippen molar-refractivity contribution in [1.82, 2.24) is 10.2 Å². The molecule has 0 radical (unpaired) electrons. The molecule has 2 aromatic carbocycles. The van der Waals surface area contributed by atoms with E-state index in [0.717, 1.165) is 16.8 Å². The minimum atomic E-state index is -0.322. The highest BCUT2D eigenvalue weighted by molar-refractivity contribution is 6.30. The number of nitrogens with one attached hydrogen (secondary N) is 2. The van der Waals surface area contributed by atoms with Crippen molar-refractivity contribution in [2.24, 2.45) is 0 Å². The number of aromatic amines is 1. The number of methoxy groups -OCH3 is 2. The van der Waals surface area contributed by atoms with Gasteiger partial charge in [0.25, 0.3) is 5.91 Å². The largest absolute Gasteiger partial charge is 0.497 e. The molecule has 1 amide bonds. The van der Waals surface area contributed by atoms with Crippen molar-refractivity contribution in [3.05, 3.63) is 58.7 Å². The quantitative estimate of drug-likeness (QED) is 0.700. The van der Waals surface area contributed by atoms with Crippen LogP contribution < -0.4 is 14.8 Å². The van der Waals surface area contributed by atoms with Crippen molar-refractivity contribution in [2.45, 2.75) is 6.92 Å². The molecule has 3 aromatic rings. The Morgan fingerprint density at radius 2 is 1.81 bits per heavy atom. The maximum atomic E-state index is 12.7. The lowest BCUT2D eigenvalue weighted by molar-refractivity contribution is 0.102. The number of hydrogen-bond donors (Lipinski definition) is 2. The molecule has 0 aliphatic rings. The fourth-order valence-electron chi connectivity index (χ4n) is 2.64. The Labute approximate surface area is 156 Å². The SMILES string of the molecule is COc1cc(OC)cc(C(=O)Nc2n[nH]c(C)c2-c2cccc(Cl)c2)c1. The van der Waals surface area contributed by atoms with E-state index in [1.54, 1.807) is 24.3 Å². The lowest BCUT2D eigenvalue weighted by atomic mass is 10.1. The van der Waals surface area contributed by atoms with E-state index in [0.29, 0.717) is 27.9 Å². The number of hydrogen-bond acceptors (Lipinski definition) is 4. The van der Waals surface area contributed by atoms with Crippen molar-refractivity contribution in [2.75, 3.05) is 19.5 Å². The summed E-state index contributed by atoms with van der Waals surface area (Å²) >= 11 is 6.09. The highest BCUT2D eigenvalue weighted by Crippen LogP contribution is 2.31. The van der Waals surface area contributed by atoms with Crippen molar-refractivity contribution in [3.63, 3.8) is 0 Å². The summed E-state index contributed by atoms with van der Waals surface area (Å²) in [5.74, 6) is 1.17. The smallest absolute Gasteiger partial charge is 0.257 e. The van der Waals surface area contributed by atoms with Crippen LogP contribution in [0.1, 0.15) is 16.1 Å². The highest BCUT2D eigenvalue weighted by Gasteiger charge is 2.17. The first-order valence-electron chi connectivity index (χ1n) is 7.87. The number of carbonyl (C=O) groups excluding carboxylic acids is 1. The number of H-pyrrole nitrogens is 1. The molecule has 0 saturated carbocycles.